The van der Waals surface area contributed by atoms with Crippen molar-refractivity contribution < 1.29 is 19.4 Å². The standard InChI is InChI=1S/C19H18N2O4/c1-25-10-6-7-15-12(8-10)13(18(22)21-15)9-16-17(19(23)24)11-4-2-3-5-14(11)20-16/h6-9,20H,2-5H2,1H3,(H,21,22)(H,23,24). The predicted molar refractivity (Wildman–Crippen MR) is 93.9 cm³/mol. The molecule has 1 aliphatic carbocycles. The van der Waals surface area contributed by atoms with Gasteiger partial charge in [-0.1, -0.05) is 0 Å². The summed E-state index contributed by atoms with van der Waals surface area (Å²) in [5.41, 5.74) is 4.47. The van der Waals surface area contributed by atoms with E-state index in [2.05, 4.69) is 10.3 Å². The van der Waals surface area contributed by atoms with Gasteiger partial charge < -0.3 is 20.1 Å². The van der Waals surface area contributed by atoms with Gasteiger partial charge in [-0.15, -0.1) is 0 Å². The minimum Gasteiger partial charge on any atom is -0.497 e. The third kappa shape index (κ3) is 2.50. The smallest absolute Gasteiger partial charge is 0.338 e. The second-order valence-electron chi connectivity index (χ2n) is 6.31. The average molecular weight is 338 g/mol. The lowest BCUT2D eigenvalue weighted by molar-refractivity contribution is -0.110. The van der Waals surface area contributed by atoms with E-state index in [9.17, 15) is 14.7 Å². The zero-order valence-electron chi connectivity index (χ0n) is 13.8. The molecule has 6 nitrogen and oxygen atoms in total. The van der Waals surface area contributed by atoms with Crippen LogP contribution in [0.15, 0.2) is 18.2 Å². The number of aromatic nitrogens is 1. The molecule has 2 aromatic rings. The number of fused-ring (bicyclic) bond motifs is 2. The van der Waals surface area contributed by atoms with Crippen molar-refractivity contribution in [3.05, 3.63) is 46.3 Å². The Morgan fingerprint density at radius 2 is 2.08 bits per heavy atom. The maximum Gasteiger partial charge on any atom is 0.338 e. The van der Waals surface area contributed by atoms with Crippen molar-refractivity contribution in [3.8, 4) is 5.75 Å². The lowest BCUT2D eigenvalue weighted by atomic mass is 9.94. The molecule has 3 N–H and O–H groups in total. The van der Waals surface area contributed by atoms with E-state index >= 15 is 0 Å². The molecule has 2 aliphatic rings. The Labute approximate surface area is 144 Å². The van der Waals surface area contributed by atoms with E-state index in [4.69, 9.17) is 4.74 Å². The SMILES string of the molecule is COc1ccc2c(c1)C(=Cc1[nH]c3c(c1C(=O)O)CCCC3)C(=O)N2. The van der Waals surface area contributed by atoms with Crippen molar-refractivity contribution in [1.29, 1.82) is 0 Å². The number of rotatable bonds is 3. The van der Waals surface area contributed by atoms with Gasteiger partial charge in [0, 0.05) is 16.9 Å². The average Bonchev–Trinajstić information content (AvgIpc) is 3.12. The molecule has 0 unspecified atom stereocenters. The fraction of sp³-hybridized carbons (Fsp3) is 0.263. The van der Waals surface area contributed by atoms with Crippen LogP contribution in [0, 0.1) is 0 Å². The van der Waals surface area contributed by atoms with E-state index in [-0.39, 0.29) is 11.5 Å². The van der Waals surface area contributed by atoms with Gasteiger partial charge in [-0.25, -0.2) is 4.79 Å². The molecule has 4 rings (SSSR count). The Hall–Kier alpha value is -3.02. The zero-order valence-corrected chi connectivity index (χ0v) is 13.8. The maximum absolute atomic E-state index is 12.4. The van der Waals surface area contributed by atoms with Crippen LogP contribution in [-0.4, -0.2) is 29.1 Å². The molecular weight excluding hydrogens is 320 g/mol. The van der Waals surface area contributed by atoms with Crippen molar-refractivity contribution in [2.75, 3.05) is 12.4 Å². The lowest BCUT2D eigenvalue weighted by Gasteiger charge is -2.10. The quantitative estimate of drug-likeness (QED) is 0.750. The molecule has 6 heteroatoms. The summed E-state index contributed by atoms with van der Waals surface area (Å²) < 4.78 is 5.23. The summed E-state index contributed by atoms with van der Waals surface area (Å²) in [6, 6.07) is 5.34. The maximum atomic E-state index is 12.4. The molecule has 0 spiro atoms. The zero-order chi connectivity index (χ0) is 17.6. The number of aromatic amines is 1. The molecule has 0 bridgehead atoms. The number of hydrogen-bond acceptors (Lipinski definition) is 3. The Balaban J connectivity index is 1.86. The highest BCUT2D eigenvalue weighted by molar-refractivity contribution is 6.35. The number of aryl methyl sites for hydroxylation is 1. The Morgan fingerprint density at radius 1 is 1.28 bits per heavy atom. The van der Waals surface area contributed by atoms with E-state index in [0.29, 0.717) is 28.3 Å². The van der Waals surface area contributed by atoms with Crippen LogP contribution in [0.2, 0.25) is 0 Å². The lowest BCUT2D eigenvalue weighted by Crippen LogP contribution is -2.07. The van der Waals surface area contributed by atoms with Crippen molar-refractivity contribution in [2.45, 2.75) is 25.7 Å². The number of hydrogen-bond donors (Lipinski definition) is 3. The number of ether oxygens (including phenoxy) is 1. The molecule has 1 aliphatic heterocycles. The van der Waals surface area contributed by atoms with Crippen LogP contribution < -0.4 is 10.1 Å². The highest BCUT2D eigenvalue weighted by Crippen LogP contribution is 2.37. The Morgan fingerprint density at radius 3 is 2.84 bits per heavy atom. The monoisotopic (exact) mass is 338 g/mol. The van der Waals surface area contributed by atoms with Gasteiger partial charge in [-0.05, 0) is 55.5 Å². The number of carbonyl (C=O) groups excluding carboxylic acids is 1. The molecule has 128 valence electrons. The largest absolute Gasteiger partial charge is 0.497 e. The van der Waals surface area contributed by atoms with E-state index in [1.54, 1.807) is 31.4 Å². The number of amides is 1. The summed E-state index contributed by atoms with van der Waals surface area (Å²) in [7, 11) is 1.57. The predicted octanol–water partition coefficient (Wildman–Crippen LogP) is 3.09. The van der Waals surface area contributed by atoms with E-state index in [1.807, 2.05) is 0 Å². The van der Waals surface area contributed by atoms with Gasteiger partial charge in [0.15, 0.2) is 0 Å². The summed E-state index contributed by atoms with van der Waals surface area (Å²) in [6.07, 6.45) is 5.27. The molecule has 0 radical (unpaired) electrons. The number of aromatic carboxylic acids is 1. The first-order chi connectivity index (χ1) is 12.1. The van der Waals surface area contributed by atoms with Crippen LogP contribution in [0.1, 0.15) is 45.7 Å². The number of benzene rings is 1. The summed E-state index contributed by atoms with van der Waals surface area (Å²) in [5.74, 6) is -0.562. The molecule has 0 saturated heterocycles. The molecule has 1 aromatic heterocycles. The molecular formula is C19H18N2O4. The minimum absolute atomic E-state index is 0.243. The Bertz CT molecular complexity index is 924. The molecule has 25 heavy (non-hydrogen) atoms. The summed E-state index contributed by atoms with van der Waals surface area (Å²) in [5, 5.41) is 12.5. The number of carboxylic acids is 1. The highest BCUT2D eigenvalue weighted by Gasteiger charge is 2.28. The number of nitrogens with one attached hydrogen (secondary N) is 2. The minimum atomic E-state index is -0.962. The van der Waals surface area contributed by atoms with Crippen LogP contribution >= 0.6 is 0 Å². The first-order valence-electron chi connectivity index (χ1n) is 8.27. The van der Waals surface area contributed by atoms with Gasteiger partial charge >= 0.3 is 5.97 Å². The molecule has 0 atom stereocenters. The van der Waals surface area contributed by atoms with Gasteiger partial charge in [0.1, 0.15) is 5.75 Å². The summed E-state index contributed by atoms with van der Waals surface area (Å²) in [6.45, 7) is 0. The topological polar surface area (TPSA) is 91.4 Å². The molecule has 2 heterocycles. The fourth-order valence-corrected chi connectivity index (χ4v) is 3.64. The second-order valence-corrected chi connectivity index (χ2v) is 6.31. The van der Waals surface area contributed by atoms with E-state index in [0.717, 1.165) is 36.9 Å². The second kappa shape index (κ2) is 5.81. The Kier molecular flexibility index (Phi) is 3.60. The normalized spacial score (nSPS) is 17.2. The van der Waals surface area contributed by atoms with Crippen molar-refractivity contribution in [1.82, 2.24) is 4.98 Å². The van der Waals surface area contributed by atoms with E-state index < -0.39 is 5.97 Å². The first kappa shape index (κ1) is 15.5. The highest BCUT2D eigenvalue weighted by atomic mass is 16.5. The number of methoxy groups -OCH3 is 1. The molecule has 0 fully saturated rings. The van der Waals surface area contributed by atoms with Crippen LogP contribution in [-0.2, 0) is 17.6 Å². The number of H-pyrrole nitrogens is 1. The molecule has 0 saturated carbocycles. The summed E-state index contributed by atoms with van der Waals surface area (Å²) >= 11 is 0. The van der Waals surface area contributed by atoms with Crippen LogP contribution in [0.25, 0.3) is 11.6 Å². The third-order valence-corrected chi connectivity index (χ3v) is 4.84. The van der Waals surface area contributed by atoms with Gasteiger partial charge in [-0.2, -0.15) is 0 Å². The van der Waals surface area contributed by atoms with Crippen LogP contribution in [0.4, 0.5) is 5.69 Å². The molecule has 1 amide bonds. The fourth-order valence-electron chi connectivity index (χ4n) is 3.64. The summed E-state index contributed by atoms with van der Waals surface area (Å²) in [4.78, 5) is 27.4. The molecule has 1 aromatic carbocycles. The third-order valence-electron chi connectivity index (χ3n) is 4.84. The van der Waals surface area contributed by atoms with Gasteiger partial charge in [0.25, 0.3) is 5.91 Å². The van der Waals surface area contributed by atoms with Crippen molar-refractivity contribution >= 4 is 29.2 Å². The van der Waals surface area contributed by atoms with Gasteiger partial charge in [-0.3, -0.25) is 4.79 Å². The van der Waals surface area contributed by atoms with E-state index in [1.165, 1.54) is 0 Å². The van der Waals surface area contributed by atoms with Crippen molar-refractivity contribution in [2.24, 2.45) is 0 Å². The number of carbonyl (C=O) groups is 2. The van der Waals surface area contributed by atoms with Gasteiger partial charge in [0.05, 0.1) is 23.9 Å². The van der Waals surface area contributed by atoms with Crippen LogP contribution in [0.5, 0.6) is 5.75 Å². The number of carboxylic acid groups (broad SMARTS) is 1. The number of anilines is 1. The van der Waals surface area contributed by atoms with Gasteiger partial charge in [0.2, 0.25) is 0 Å². The van der Waals surface area contributed by atoms with Crippen LogP contribution in [0.3, 0.4) is 0 Å². The van der Waals surface area contributed by atoms with Crippen molar-refractivity contribution in [3.63, 3.8) is 0 Å². The first-order valence-corrected chi connectivity index (χ1v) is 8.27.